The molecule has 0 spiro atoms. The van der Waals surface area contributed by atoms with E-state index >= 15 is 0 Å². The first-order chi connectivity index (χ1) is 7.01. The Morgan fingerprint density at radius 1 is 1.20 bits per heavy atom. The molecule has 0 heterocycles. The second kappa shape index (κ2) is 7.16. The molecule has 0 radical (unpaired) electrons. The van der Waals surface area contributed by atoms with Gasteiger partial charge in [0, 0.05) is 12.8 Å². The summed E-state index contributed by atoms with van der Waals surface area (Å²) in [5.74, 6) is -1.55. The van der Waals surface area contributed by atoms with Gasteiger partial charge >= 0.3 is 0 Å². The minimum absolute atomic E-state index is 0.0250. The molecule has 0 fully saturated rings. The Kier molecular flexibility index (Phi) is 6.59. The van der Waals surface area contributed by atoms with Gasteiger partial charge in [0.15, 0.2) is 0 Å². The Morgan fingerprint density at radius 2 is 1.73 bits per heavy atom. The van der Waals surface area contributed by atoms with Gasteiger partial charge in [-0.05, 0) is 12.3 Å². The van der Waals surface area contributed by atoms with Crippen LogP contribution < -0.4 is 11.0 Å². The van der Waals surface area contributed by atoms with Crippen LogP contribution in [0.4, 0.5) is 0 Å². The third-order valence-corrected chi connectivity index (χ3v) is 2.08. The zero-order chi connectivity index (χ0) is 11.8. The molecular formula is C8H16N2O5. The van der Waals surface area contributed by atoms with Crippen LogP contribution in [0, 0.1) is 5.92 Å². The zero-order valence-electron chi connectivity index (χ0n) is 8.43. The largest absolute Gasteiger partial charge is 0.393 e. The summed E-state index contributed by atoms with van der Waals surface area (Å²) in [4.78, 5) is 21.4. The summed E-state index contributed by atoms with van der Waals surface area (Å²) in [5.41, 5.74) is 2.90. The van der Waals surface area contributed by atoms with E-state index in [1.54, 1.807) is 6.92 Å². The Hall–Kier alpha value is -1.18. The first-order valence-corrected chi connectivity index (χ1v) is 4.55. The van der Waals surface area contributed by atoms with Crippen LogP contribution in [0.15, 0.2) is 0 Å². The molecule has 0 saturated heterocycles. The topological polar surface area (TPSA) is 119 Å². The number of carbonyl (C=O) groups is 2. The minimum Gasteiger partial charge on any atom is -0.393 e. The van der Waals surface area contributed by atoms with Gasteiger partial charge in [0.1, 0.15) is 0 Å². The smallest absolute Gasteiger partial charge is 0.243 e. The number of carbonyl (C=O) groups excluding carboxylic acids is 2. The summed E-state index contributed by atoms with van der Waals surface area (Å²) < 4.78 is 0. The summed E-state index contributed by atoms with van der Waals surface area (Å²) in [6.07, 6.45) is -0.743. The first kappa shape index (κ1) is 13.8. The number of hydrogen-bond acceptors (Lipinski definition) is 5. The van der Waals surface area contributed by atoms with Crippen molar-refractivity contribution in [2.45, 2.75) is 32.3 Å². The van der Waals surface area contributed by atoms with E-state index in [9.17, 15) is 14.7 Å². The van der Waals surface area contributed by atoms with Crippen molar-refractivity contribution in [2.75, 3.05) is 0 Å². The average molecular weight is 220 g/mol. The lowest BCUT2D eigenvalue weighted by Crippen LogP contribution is -2.28. The van der Waals surface area contributed by atoms with Crippen LogP contribution >= 0.6 is 0 Å². The summed E-state index contributed by atoms with van der Waals surface area (Å²) in [5, 5.41) is 25.9. The quantitative estimate of drug-likeness (QED) is 0.295. The number of amides is 2. The molecule has 0 aliphatic carbocycles. The van der Waals surface area contributed by atoms with Gasteiger partial charge in [-0.25, -0.2) is 11.0 Å². The monoisotopic (exact) mass is 220 g/mol. The second-order valence-corrected chi connectivity index (χ2v) is 3.36. The fourth-order valence-corrected chi connectivity index (χ4v) is 1.09. The van der Waals surface area contributed by atoms with Crippen molar-refractivity contribution in [1.82, 2.24) is 11.0 Å². The van der Waals surface area contributed by atoms with E-state index in [0.29, 0.717) is 0 Å². The number of rotatable bonds is 6. The fraction of sp³-hybridized carbons (Fsp3) is 0.750. The highest BCUT2D eigenvalue weighted by Crippen LogP contribution is 2.12. The molecular weight excluding hydrogens is 204 g/mol. The lowest BCUT2D eigenvalue weighted by Gasteiger charge is -2.17. The lowest BCUT2D eigenvalue weighted by molar-refractivity contribution is -0.131. The van der Waals surface area contributed by atoms with Crippen molar-refractivity contribution in [2.24, 2.45) is 5.92 Å². The van der Waals surface area contributed by atoms with Gasteiger partial charge in [0.05, 0.1) is 6.10 Å². The van der Waals surface area contributed by atoms with E-state index < -0.39 is 17.9 Å². The Bertz CT molecular complexity index is 221. The summed E-state index contributed by atoms with van der Waals surface area (Å²) in [6, 6.07) is 0. The summed E-state index contributed by atoms with van der Waals surface area (Å²) >= 11 is 0. The highest BCUT2D eigenvalue weighted by molar-refractivity contribution is 5.75. The summed E-state index contributed by atoms with van der Waals surface area (Å²) in [7, 11) is 0. The maximum atomic E-state index is 10.7. The molecule has 0 aromatic heterocycles. The van der Waals surface area contributed by atoms with Crippen LogP contribution in [0.25, 0.3) is 0 Å². The highest BCUT2D eigenvalue weighted by atomic mass is 16.5. The molecule has 7 heteroatoms. The van der Waals surface area contributed by atoms with E-state index in [1.807, 2.05) is 0 Å². The Balaban J connectivity index is 3.83. The average Bonchev–Trinajstić information content (AvgIpc) is 2.24. The SMILES string of the molecule is C[C@@H](CC(=O)NO)[C@@H](O)CCC(=O)NO. The van der Waals surface area contributed by atoms with Gasteiger partial charge in [0.25, 0.3) is 0 Å². The van der Waals surface area contributed by atoms with Gasteiger partial charge in [-0.15, -0.1) is 0 Å². The molecule has 5 N–H and O–H groups in total. The molecule has 0 aromatic carbocycles. The van der Waals surface area contributed by atoms with Crippen LogP contribution in [0.3, 0.4) is 0 Å². The van der Waals surface area contributed by atoms with Gasteiger partial charge in [0.2, 0.25) is 11.8 Å². The van der Waals surface area contributed by atoms with Crippen LogP contribution in [0.2, 0.25) is 0 Å². The van der Waals surface area contributed by atoms with Gasteiger partial charge < -0.3 is 5.11 Å². The predicted octanol–water partition coefficient (Wildman–Crippen LogP) is -0.835. The van der Waals surface area contributed by atoms with E-state index in [-0.39, 0.29) is 25.2 Å². The Morgan fingerprint density at radius 3 is 2.20 bits per heavy atom. The first-order valence-electron chi connectivity index (χ1n) is 4.55. The van der Waals surface area contributed by atoms with Crippen LogP contribution in [-0.4, -0.2) is 33.4 Å². The molecule has 0 aromatic rings. The van der Waals surface area contributed by atoms with Crippen molar-refractivity contribution >= 4 is 11.8 Å². The molecule has 88 valence electrons. The van der Waals surface area contributed by atoms with Crippen LogP contribution in [0.5, 0.6) is 0 Å². The fourth-order valence-electron chi connectivity index (χ4n) is 1.09. The third kappa shape index (κ3) is 6.00. The standard InChI is InChI=1S/C8H16N2O5/c1-5(4-8(13)10-15)6(11)2-3-7(12)9-14/h5-6,11,14-15H,2-4H2,1H3,(H,9,12)(H,10,13)/t5-,6-/m0/s1. The highest BCUT2D eigenvalue weighted by Gasteiger charge is 2.18. The number of hydroxylamine groups is 2. The van der Waals surface area contributed by atoms with Crippen LogP contribution in [-0.2, 0) is 9.59 Å². The third-order valence-electron chi connectivity index (χ3n) is 2.08. The molecule has 0 aliphatic rings. The van der Waals surface area contributed by atoms with Gasteiger partial charge in [-0.2, -0.15) is 0 Å². The van der Waals surface area contributed by atoms with Gasteiger partial charge in [-0.1, -0.05) is 6.92 Å². The Labute approximate surface area is 87.0 Å². The number of hydrogen-bond donors (Lipinski definition) is 5. The van der Waals surface area contributed by atoms with Crippen LogP contribution in [0.1, 0.15) is 26.2 Å². The predicted molar refractivity (Wildman–Crippen MR) is 48.9 cm³/mol. The molecule has 2 atom stereocenters. The molecule has 2 amide bonds. The zero-order valence-corrected chi connectivity index (χ0v) is 8.43. The normalized spacial score (nSPS) is 14.1. The molecule has 7 nitrogen and oxygen atoms in total. The van der Waals surface area contributed by atoms with Crippen molar-refractivity contribution < 1.29 is 25.1 Å². The second-order valence-electron chi connectivity index (χ2n) is 3.36. The van der Waals surface area contributed by atoms with Gasteiger partial charge in [-0.3, -0.25) is 20.0 Å². The van der Waals surface area contributed by atoms with E-state index in [0.717, 1.165) is 0 Å². The minimum atomic E-state index is -0.834. The van der Waals surface area contributed by atoms with Crippen molar-refractivity contribution in [3.05, 3.63) is 0 Å². The lowest BCUT2D eigenvalue weighted by atomic mass is 9.97. The molecule has 0 bridgehead atoms. The molecule has 0 saturated carbocycles. The molecule has 15 heavy (non-hydrogen) atoms. The summed E-state index contributed by atoms with van der Waals surface area (Å²) in [6.45, 7) is 1.62. The molecule has 0 aliphatic heterocycles. The number of aliphatic hydroxyl groups excluding tert-OH is 1. The van der Waals surface area contributed by atoms with Crippen molar-refractivity contribution in [1.29, 1.82) is 0 Å². The molecule has 0 rings (SSSR count). The number of aliphatic hydroxyl groups is 1. The van der Waals surface area contributed by atoms with E-state index in [4.69, 9.17) is 10.4 Å². The van der Waals surface area contributed by atoms with Crippen molar-refractivity contribution in [3.8, 4) is 0 Å². The molecule has 0 unspecified atom stereocenters. The maximum absolute atomic E-state index is 10.7. The van der Waals surface area contributed by atoms with E-state index in [2.05, 4.69) is 0 Å². The van der Waals surface area contributed by atoms with Crippen molar-refractivity contribution in [3.63, 3.8) is 0 Å². The van der Waals surface area contributed by atoms with E-state index in [1.165, 1.54) is 11.0 Å². The number of nitrogens with one attached hydrogen (secondary N) is 2. The maximum Gasteiger partial charge on any atom is 0.243 e.